The van der Waals surface area contributed by atoms with E-state index in [1.54, 1.807) is 30.5 Å². The van der Waals surface area contributed by atoms with Crippen LogP contribution in [0.5, 0.6) is 0 Å². The number of nitrogens with one attached hydrogen (secondary N) is 1. The molecule has 34 heavy (non-hydrogen) atoms. The van der Waals surface area contributed by atoms with Crippen LogP contribution in [0.2, 0.25) is 5.15 Å². The smallest absolute Gasteiger partial charge is 0.387 e. The fraction of sp³-hybridized carbons (Fsp3) is 0.250. The van der Waals surface area contributed by atoms with Crippen LogP contribution in [0, 0.1) is 5.82 Å². The standard InChI is InChI=1S/C24H19ClF4N4O/c25-21-20(23(34)32-8-6-16(12-32)14-3-1-5-18(26)9-14)31-22-19(24(27,28)29)10-17(13-33(21)22)15-4-2-7-30-11-15/h1-5,7,9-10,13,16,30H,6,8,11-12H2. The van der Waals surface area contributed by atoms with Crippen molar-refractivity contribution in [1.29, 1.82) is 0 Å². The highest BCUT2D eigenvalue weighted by Gasteiger charge is 2.37. The first kappa shape index (κ1) is 22.5. The average molecular weight is 491 g/mol. The summed E-state index contributed by atoms with van der Waals surface area (Å²) in [4.78, 5) is 18.7. The molecule has 3 aromatic rings. The Balaban J connectivity index is 1.51. The number of amides is 1. The van der Waals surface area contributed by atoms with E-state index in [1.165, 1.54) is 23.2 Å². The molecule has 0 spiro atoms. The number of aromatic nitrogens is 2. The molecule has 1 amide bonds. The van der Waals surface area contributed by atoms with Crippen LogP contribution in [0.3, 0.4) is 0 Å². The summed E-state index contributed by atoms with van der Waals surface area (Å²) in [6, 6.07) is 7.20. The number of benzene rings is 1. The van der Waals surface area contributed by atoms with Gasteiger partial charge in [0, 0.05) is 31.7 Å². The molecule has 1 atom stereocenters. The molecule has 5 rings (SSSR count). The van der Waals surface area contributed by atoms with Gasteiger partial charge in [0.25, 0.3) is 5.91 Å². The maximum atomic E-state index is 13.9. The molecule has 0 bridgehead atoms. The first-order valence-electron chi connectivity index (χ1n) is 10.7. The zero-order valence-corrected chi connectivity index (χ0v) is 18.5. The first-order chi connectivity index (χ1) is 16.2. The fourth-order valence-electron chi connectivity index (χ4n) is 4.42. The topological polar surface area (TPSA) is 49.6 Å². The van der Waals surface area contributed by atoms with E-state index >= 15 is 0 Å². The summed E-state index contributed by atoms with van der Waals surface area (Å²) >= 11 is 6.42. The third-order valence-corrected chi connectivity index (χ3v) is 6.50. The average Bonchev–Trinajstić information content (AvgIpc) is 3.44. The highest BCUT2D eigenvalue weighted by atomic mass is 35.5. The summed E-state index contributed by atoms with van der Waals surface area (Å²) in [5, 5.41) is 2.78. The lowest BCUT2D eigenvalue weighted by Gasteiger charge is -2.16. The summed E-state index contributed by atoms with van der Waals surface area (Å²) in [5.74, 6) is -0.990. The molecule has 0 saturated carbocycles. The van der Waals surface area contributed by atoms with Gasteiger partial charge in [0.2, 0.25) is 0 Å². The molecule has 1 fully saturated rings. The van der Waals surface area contributed by atoms with Crippen LogP contribution in [-0.4, -0.2) is 39.8 Å². The molecule has 2 aromatic heterocycles. The zero-order chi connectivity index (χ0) is 24.0. The second kappa shape index (κ2) is 8.47. The molecule has 2 aliphatic rings. The molecule has 1 saturated heterocycles. The second-order valence-corrected chi connectivity index (χ2v) is 8.67. The van der Waals surface area contributed by atoms with E-state index in [4.69, 9.17) is 11.6 Å². The molecule has 1 N–H and O–H groups in total. The quantitative estimate of drug-likeness (QED) is 0.508. The summed E-state index contributed by atoms with van der Waals surface area (Å²) < 4.78 is 56.4. The Hall–Kier alpha value is -3.33. The number of dihydropyridines is 1. The van der Waals surface area contributed by atoms with Crippen molar-refractivity contribution in [2.24, 2.45) is 0 Å². The number of fused-ring (bicyclic) bond motifs is 1. The lowest BCUT2D eigenvalue weighted by Crippen LogP contribution is -2.29. The van der Waals surface area contributed by atoms with Gasteiger partial charge < -0.3 is 10.2 Å². The van der Waals surface area contributed by atoms with E-state index in [-0.39, 0.29) is 22.6 Å². The predicted molar refractivity (Wildman–Crippen MR) is 120 cm³/mol. The van der Waals surface area contributed by atoms with Crippen molar-refractivity contribution in [3.8, 4) is 0 Å². The minimum absolute atomic E-state index is 0.0772. The number of carbonyl (C=O) groups is 1. The van der Waals surface area contributed by atoms with Crippen molar-refractivity contribution in [3.63, 3.8) is 0 Å². The molecule has 5 nitrogen and oxygen atoms in total. The van der Waals surface area contributed by atoms with Crippen molar-refractivity contribution in [2.45, 2.75) is 18.5 Å². The molecule has 1 aromatic carbocycles. The SMILES string of the molecule is O=C(c1nc2c(C(F)(F)F)cc(C3=CC=CNC3)cn2c1Cl)N1CCC(c2cccc(F)c2)C1. The summed E-state index contributed by atoms with van der Waals surface area (Å²) in [6.45, 7) is 1.02. The molecule has 2 aliphatic heterocycles. The number of pyridine rings is 1. The Kier molecular flexibility index (Phi) is 5.59. The Morgan fingerprint density at radius 2 is 2.06 bits per heavy atom. The Bertz CT molecular complexity index is 1340. The molecular weight excluding hydrogens is 472 g/mol. The summed E-state index contributed by atoms with van der Waals surface area (Å²) in [5.41, 5.74) is 0.0989. The van der Waals surface area contributed by atoms with E-state index in [0.717, 1.165) is 16.0 Å². The molecule has 1 unspecified atom stereocenters. The third kappa shape index (κ3) is 4.04. The molecule has 176 valence electrons. The minimum Gasteiger partial charge on any atom is -0.387 e. The van der Waals surface area contributed by atoms with Crippen molar-refractivity contribution in [2.75, 3.05) is 19.6 Å². The Morgan fingerprint density at radius 3 is 2.76 bits per heavy atom. The summed E-state index contributed by atoms with van der Waals surface area (Å²) in [7, 11) is 0. The van der Waals surface area contributed by atoms with E-state index in [2.05, 4.69) is 10.3 Å². The van der Waals surface area contributed by atoms with Gasteiger partial charge in [0.05, 0.1) is 5.56 Å². The van der Waals surface area contributed by atoms with Gasteiger partial charge in [-0.25, -0.2) is 9.37 Å². The normalized spacial score (nSPS) is 18.3. The number of nitrogens with zero attached hydrogens (tertiary/aromatic N) is 3. The van der Waals surface area contributed by atoms with Crippen LogP contribution < -0.4 is 5.32 Å². The number of imidazole rings is 1. The minimum atomic E-state index is -4.69. The zero-order valence-electron chi connectivity index (χ0n) is 17.7. The molecule has 10 heteroatoms. The number of carbonyl (C=O) groups excluding carboxylic acids is 1. The molecule has 0 aliphatic carbocycles. The van der Waals surface area contributed by atoms with Gasteiger partial charge in [-0.2, -0.15) is 13.2 Å². The maximum Gasteiger partial charge on any atom is 0.420 e. The molecule has 0 radical (unpaired) electrons. The van der Waals surface area contributed by atoms with Crippen LogP contribution in [0.25, 0.3) is 11.2 Å². The van der Waals surface area contributed by atoms with Gasteiger partial charge in [0.1, 0.15) is 11.0 Å². The monoisotopic (exact) mass is 490 g/mol. The number of hydrogen-bond donors (Lipinski definition) is 1. The highest BCUT2D eigenvalue weighted by molar-refractivity contribution is 6.33. The van der Waals surface area contributed by atoms with E-state index < -0.39 is 23.3 Å². The van der Waals surface area contributed by atoms with Gasteiger partial charge in [0.15, 0.2) is 11.3 Å². The predicted octanol–water partition coefficient (Wildman–Crippen LogP) is 5.28. The fourth-order valence-corrected chi connectivity index (χ4v) is 4.67. The number of rotatable bonds is 3. The lowest BCUT2D eigenvalue weighted by atomic mass is 9.98. The van der Waals surface area contributed by atoms with Crippen molar-refractivity contribution in [3.05, 3.63) is 88.2 Å². The Morgan fingerprint density at radius 1 is 1.24 bits per heavy atom. The van der Waals surface area contributed by atoms with Gasteiger partial charge in [-0.05, 0) is 53.6 Å². The van der Waals surface area contributed by atoms with Crippen LogP contribution in [-0.2, 0) is 6.18 Å². The van der Waals surface area contributed by atoms with Crippen molar-refractivity contribution in [1.82, 2.24) is 19.6 Å². The lowest BCUT2D eigenvalue weighted by molar-refractivity contribution is -0.136. The van der Waals surface area contributed by atoms with Crippen molar-refractivity contribution < 1.29 is 22.4 Å². The second-order valence-electron chi connectivity index (χ2n) is 8.31. The third-order valence-electron chi connectivity index (χ3n) is 6.14. The van der Waals surface area contributed by atoms with Crippen molar-refractivity contribution >= 4 is 28.7 Å². The number of halogens is 5. The number of likely N-dealkylation sites (tertiary alicyclic amines) is 1. The number of hydrogen-bond acceptors (Lipinski definition) is 3. The van der Waals surface area contributed by atoms with Gasteiger partial charge in [-0.1, -0.05) is 29.8 Å². The van der Waals surface area contributed by atoms with Crippen LogP contribution in [0.4, 0.5) is 17.6 Å². The van der Waals surface area contributed by atoms with E-state index in [1.807, 2.05) is 0 Å². The number of allylic oxidation sites excluding steroid dienone is 2. The number of alkyl halides is 3. The maximum absolute atomic E-state index is 13.9. The van der Waals surface area contributed by atoms with Crippen LogP contribution in [0.15, 0.2) is 54.9 Å². The van der Waals surface area contributed by atoms with Crippen LogP contribution >= 0.6 is 11.6 Å². The first-order valence-corrected chi connectivity index (χ1v) is 11.0. The summed E-state index contributed by atoms with van der Waals surface area (Å²) in [6.07, 6.45) is 2.48. The van der Waals surface area contributed by atoms with E-state index in [9.17, 15) is 22.4 Å². The molecular formula is C24H19ClF4N4O. The molecule has 4 heterocycles. The van der Waals surface area contributed by atoms with E-state index in [0.29, 0.717) is 37.2 Å². The largest absolute Gasteiger partial charge is 0.420 e. The van der Waals surface area contributed by atoms with Crippen LogP contribution in [0.1, 0.15) is 39.5 Å². The Labute approximate surface area is 197 Å². The van der Waals surface area contributed by atoms with Gasteiger partial charge in [-0.3, -0.25) is 9.20 Å². The van der Waals surface area contributed by atoms with Gasteiger partial charge in [-0.15, -0.1) is 0 Å². The van der Waals surface area contributed by atoms with Gasteiger partial charge >= 0.3 is 6.18 Å². The highest BCUT2D eigenvalue weighted by Crippen LogP contribution is 2.37.